The molecule has 0 fully saturated rings. The highest BCUT2D eigenvalue weighted by Crippen LogP contribution is 2.02. The minimum atomic E-state index is -1.40. The quantitative estimate of drug-likeness (QED) is 0.304. The second kappa shape index (κ2) is 10.1. The van der Waals surface area contributed by atoms with Crippen molar-refractivity contribution in [3.63, 3.8) is 0 Å². The predicted octanol–water partition coefficient (Wildman–Crippen LogP) is 0.0991. The normalized spacial score (nSPS) is 9.06. The van der Waals surface area contributed by atoms with Gasteiger partial charge in [0.15, 0.2) is 0 Å². The monoisotopic (exact) mass is 234 g/mol. The van der Waals surface area contributed by atoms with Crippen molar-refractivity contribution in [2.45, 2.75) is 20.3 Å². The molecule has 94 valence electrons. The lowest BCUT2D eigenvalue weighted by Gasteiger charge is -1.97. The summed E-state index contributed by atoms with van der Waals surface area (Å²) in [5.74, 6) is -2.87. The number of aliphatic carboxylic acids is 2. The van der Waals surface area contributed by atoms with Crippen LogP contribution in [0.25, 0.3) is 0 Å². The molecule has 16 heavy (non-hydrogen) atoms. The van der Waals surface area contributed by atoms with Crippen molar-refractivity contribution in [1.29, 1.82) is 0 Å². The predicted molar refractivity (Wildman–Crippen MR) is 57.0 cm³/mol. The Labute approximate surface area is 93.8 Å². The number of carboxylic acids is 2. The standard InChI is InChI=1S/C7H10O4.C3H8O2/c1-4(2)3-5(6(8)9)7(10)11;4-2-1-3-5/h3-4H,1-2H3,(H,8,9)(H,10,11);4-5H,1-3H2. The maximum absolute atomic E-state index is 10.2. The summed E-state index contributed by atoms with van der Waals surface area (Å²) in [5, 5.41) is 32.5. The zero-order valence-corrected chi connectivity index (χ0v) is 9.38. The number of rotatable bonds is 5. The first-order valence-electron chi connectivity index (χ1n) is 4.76. The van der Waals surface area contributed by atoms with E-state index in [4.69, 9.17) is 20.4 Å². The molecule has 0 atom stereocenters. The summed E-state index contributed by atoms with van der Waals surface area (Å²) in [6.07, 6.45) is 1.70. The summed E-state index contributed by atoms with van der Waals surface area (Å²) in [7, 11) is 0. The van der Waals surface area contributed by atoms with Gasteiger partial charge in [0.05, 0.1) is 0 Å². The number of hydrogen-bond donors (Lipinski definition) is 4. The molecule has 0 heterocycles. The largest absolute Gasteiger partial charge is 0.477 e. The van der Waals surface area contributed by atoms with Crippen molar-refractivity contribution < 1.29 is 30.0 Å². The second-order valence-corrected chi connectivity index (χ2v) is 3.24. The number of aliphatic hydroxyl groups excluding tert-OH is 2. The van der Waals surface area contributed by atoms with Gasteiger partial charge in [0.1, 0.15) is 5.57 Å². The Morgan fingerprint density at radius 1 is 1.06 bits per heavy atom. The van der Waals surface area contributed by atoms with Gasteiger partial charge in [-0.1, -0.05) is 19.9 Å². The van der Waals surface area contributed by atoms with Crippen LogP contribution in [0.5, 0.6) is 0 Å². The van der Waals surface area contributed by atoms with E-state index in [1.165, 1.54) is 6.08 Å². The van der Waals surface area contributed by atoms with Crippen LogP contribution in [0.2, 0.25) is 0 Å². The van der Waals surface area contributed by atoms with Crippen LogP contribution in [0.4, 0.5) is 0 Å². The molecule has 0 unspecified atom stereocenters. The van der Waals surface area contributed by atoms with Crippen molar-refractivity contribution in [2.24, 2.45) is 5.92 Å². The Balaban J connectivity index is 0. The van der Waals surface area contributed by atoms with Gasteiger partial charge in [-0.3, -0.25) is 0 Å². The highest BCUT2D eigenvalue weighted by atomic mass is 16.4. The van der Waals surface area contributed by atoms with Crippen molar-refractivity contribution in [2.75, 3.05) is 13.2 Å². The fourth-order valence-corrected chi connectivity index (χ4v) is 0.638. The molecule has 0 rings (SSSR count). The molecule has 6 heteroatoms. The van der Waals surface area contributed by atoms with Crippen molar-refractivity contribution in [1.82, 2.24) is 0 Å². The highest BCUT2D eigenvalue weighted by Gasteiger charge is 2.15. The van der Waals surface area contributed by atoms with Crippen LogP contribution in [-0.2, 0) is 9.59 Å². The smallest absolute Gasteiger partial charge is 0.342 e. The van der Waals surface area contributed by atoms with E-state index in [1.54, 1.807) is 13.8 Å². The van der Waals surface area contributed by atoms with Crippen LogP contribution in [0.1, 0.15) is 20.3 Å². The molecule has 0 amide bonds. The number of carboxylic acid groups (broad SMARTS) is 2. The van der Waals surface area contributed by atoms with E-state index in [9.17, 15) is 9.59 Å². The van der Waals surface area contributed by atoms with Crippen molar-refractivity contribution in [3.8, 4) is 0 Å². The topological polar surface area (TPSA) is 115 Å². The van der Waals surface area contributed by atoms with E-state index >= 15 is 0 Å². The van der Waals surface area contributed by atoms with Crippen LogP contribution in [0, 0.1) is 5.92 Å². The molecule has 0 aliphatic heterocycles. The summed E-state index contributed by atoms with van der Waals surface area (Å²) in [5.41, 5.74) is -0.569. The summed E-state index contributed by atoms with van der Waals surface area (Å²) >= 11 is 0. The molecule has 0 aromatic rings. The molecule has 0 aromatic heterocycles. The number of carbonyl (C=O) groups is 2. The first-order valence-corrected chi connectivity index (χ1v) is 4.76. The van der Waals surface area contributed by atoms with Gasteiger partial charge >= 0.3 is 11.9 Å². The minimum Gasteiger partial charge on any atom is -0.477 e. The van der Waals surface area contributed by atoms with Gasteiger partial charge in [-0.05, 0) is 12.3 Å². The molecule has 0 saturated carbocycles. The zero-order valence-electron chi connectivity index (χ0n) is 9.38. The number of allylic oxidation sites excluding steroid dienone is 1. The second-order valence-electron chi connectivity index (χ2n) is 3.24. The summed E-state index contributed by atoms with van der Waals surface area (Å²) < 4.78 is 0. The Morgan fingerprint density at radius 2 is 1.44 bits per heavy atom. The van der Waals surface area contributed by atoms with Crippen molar-refractivity contribution >= 4 is 11.9 Å². The Bertz CT molecular complexity index is 226. The first-order chi connectivity index (χ1) is 7.36. The van der Waals surface area contributed by atoms with Crippen LogP contribution in [0.15, 0.2) is 11.6 Å². The fraction of sp³-hybridized carbons (Fsp3) is 0.600. The molecule has 0 spiro atoms. The van der Waals surface area contributed by atoms with Crippen LogP contribution < -0.4 is 0 Å². The number of hydrogen-bond acceptors (Lipinski definition) is 4. The van der Waals surface area contributed by atoms with Crippen LogP contribution >= 0.6 is 0 Å². The van der Waals surface area contributed by atoms with Gasteiger partial charge in [-0.15, -0.1) is 0 Å². The third-order valence-electron chi connectivity index (χ3n) is 1.28. The van der Waals surface area contributed by atoms with Gasteiger partial charge < -0.3 is 20.4 Å². The molecular weight excluding hydrogens is 216 g/mol. The van der Waals surface area contributed by atoms with E-state index in [-0.39, 0.29) is 19.1 Å². The van der Waals surface area contributed by atoms with Crippen LogP contribution in [-0.4, -0.2) is 45.6 Å². The highest BCUT2D eigenvalue weighted by molar-refractivity contribution is 6.12. The molecule has 0 radical (unpaired) electrons. The van der Waals surface area contributed by atoms with Gasteiger partial charge in [-0.2, -0.15) is 0 Å². The Kier molecular flexibility index (Phi) is 10.8. The van der Waals surface area contributed by atoms with E-state index in [1.807, 2.05) is 0 Å². The third kappa shape index (κ3) is 10.7. The number of aliphatic hydroxyl groups is 2. The zero-order chi connectivity index (χ0) is 13.1. The molecule has 0 aliphatic carbocycles. The van der Waals surface area contributed by atoms with Crippen LogP contribution in [0.3, 0.4) is 0 Å². The molecule has 0 bridgehead atoms. The summed E-state index contributed by atoms with van der Waals surface area (Å²) in [6, 6.07) is 0. The minimum absolute atomic E-state index is 0.0720. The van der Waals surface area contributed by atoms with E-state index in [0.29, 0.717) is 6.42 Å². The Hall–Kier alpha value is -1.40. The lowest BCUT2D eigenvalue weighted by molar-refractivity contribution is -0.140. The molecule has 6 nitrogen and oxygen atoms in total. The van der Waals surface area contributed by atoms with Gasteiger partial charge in [-0.25, -0.2) is 9.59 Å². The summed E-state index contributed by atoms with van der Waals surface area (Å²) in [6.45, 7) is 3.62. The Morgan fingerprint density at radius 3 is 1.50 bits per heavy atom. The first kappa shape index (κ1) is 17.0. The molecule has 0 aliphatic rings. The van der Waals surface area contributed by atoms with Gasteiger partial charge in [0, 0.05) is 13.2 Å². The lowest BCUT2D eigenvalue weighted by atomic mass is 10.1. The molecule has 0 aromatic carbocycles. The lowest BCUT2D eigenvalue weighted by Crippen LogP contribution is -2.12. The van der Waals surface area contributed by atoms with E-state index in [0.717, 1.165) is 0 Å². The molecule has 0 saturated heterocycles. The SMILES string of the molecule is CC(C)C=C(C(=O)O)C(=O)O.OCCCO. The van der Waals surface area contributed by atoms with Crippen molar-refractivity contribution in [3.05, 3.63) is 11.6 Å². The maximum atomic E-state index is 10.2. The fourth-order valence-electron chi connectivity index (χ4n) is 0.638. The third-order valence-corrected chi connectivity index (χ3v) is 1.28. The average Bonchev–Trinajstić information content (AvgIpc) is 2.15. The van der Waals surface area contributed by atoms with Gasteiger partial charge in [0.25, 0.3) is 0 Å². The molecular formula is C10H18O6. The van der Waals surface area contributed by atoms with E-state index < -0.39 is 17.5 Å². The summed E-state index contributed by atoms with van der Waals surface area (Å²) in [4.78, 5) is 20.5. The van der Waals surface area contributed by atoms with E-state index in [2.05, 4.69) is 0 Å². The molecule has 4 N–H and O–H groups in total. The average molecular weight is 234 g/mol. The maximum Gasteiger partial charge on any atom is 0.342 e. The van der Waals surface area contributed by atoms with Gasteiger partial charge in [0.2, 0.25) is 0 Å².